The first-order valence-corrected chi connectivity index (χ1v) is 4.92. The molecule has 1 saturated carbocycles. The average Bonchev–Trinajstić information content (AvgIpc) is 2.93. The molecule has 1 rings (SSSR count). The monoisotopic (exact) mass is 241 g/mol. The molecule has 0 aromatic heterocycles. The first-order valence-electron chi connectivity index (χ1n) is 4.92. The highest BCUT2D eigenvalue weighted by Gasteiger charge is 2.48. The highest BCUT2D eigenvalue weighted by molar-refractivity contribution is 5.79. The smallest absolute Gasteiger partial charge is 0.391 e. The van der Waals surface area contributed by atoms with Gasteiger partial charge in [-0.2, -0.15) is 13.2 Å². The van der Waals surface area contributed by atoms with Gasteiger partial charge in [0.25, 0.3) is 0 Å². The minimum Gasteiger partial charge on any atom is -0.480 e. The molecule has 0 heterocycles. The number of carbonyl (C=O) groups is 1. The Balaban J connectivity index is 2.32. The average molecular weight is 241 g/mol. The molecule has 94 valence electrons. The number of alkyl halides is 3. The van der Waals surface area contributed by atoms with Gasteiger partial charge in [0, 0.05) is 0 Å². The molecule has 1 aliphatic carbocycles. The van der Waals surface area contributed by atoms with Gasteiger partial charge in [-0.15, -0.1) is 0 Å². The van der Waals surface area contributed by atoms with Gasteiger partial charge in [-0.25, -0.2) is 0 Å². The van der Waals surface area contributed by atoms with Crippen molar-refractivity contribution in [2.75, 3.05) is 13.2 Å². The van der Waals surface area contributed by atoms with Gasteiger partial charge >= 0.3 is 12.1 Å². The van der Waals surface area contributed by atoms with E-state index in [1.54, 1.807) is 0 Å². The van der Waals surface area contributed by atoms with Gasteiger partial charge in [-0.1, -0.05) is 0 Å². The maximum Gasteiger partial charge on any atom is 0.391 e. The summed E-state index contributed by atoms with van der Waals surface area (Å²) in [6.45, 7) is -0.925. The third-order valence-corrected chi connectivity index (χ3v) is 2.57. The van der Waals surface area contributed by atoms with Crippen molar-refractivity contribution in [1.82, 2.24) is 0 Å². The molecule has 0 bridgehead atoms. The predicted octanol–water partition coefficient (Wildman–Crippen LogP) is 1.15. The van der Waals surface area contributed by atoms with E-state index < -0.39 is 30.7 Å². The van der Waals surface area contributed by atoms with Crippen LogP contribution in [0.15, 0.2) is 0 Å². The van der Waals surface area contributed by atoms with Crippen molar-refractivity contribution < 1.29 is 27.8 Å². The summed E-state index contributed by atoms with van der Waals surface area (Å²) in [4.78, 5) is 10.9. The molecule has 0 aromatic rings. The largest absolute Gasteiger partial charge is 0.480 e. The highest BCUT2D eigenvalue weighted by Crippen LogP contribution is 2.38. The number of rotatable bonds is 6. The Morgan fingerprint density at radius 2 is 2.00 bits per heavy atom. The molecule has 7 heteroatoms. The van der Waals surface area contributed by atoms with Crippen LogP contribution in [0.5, 0.6) is 0 Å². The maximum atomic E-state index is 11.8. The van der Waals surface area contributed by atoms with Gasteiger partial charge in [0.2, 0.25) is 0 Å². The number of nitrogens with two attached hydrogens (primary N) is 1. The van der Waals surface area contributed by atoms with Crippen molar-refractivity contribution in [3.8, 4) is 0 Å². The summed E-state index contributed by atoms with van der Waals surface area (Å²) in [5.74, 6) is -1.40. The lowest BCUT2D eigenvalue weighted by Gasteiger charge is -2.24. The molecule has 1 aliphatic rings. The molecule has 1 unspecified atom stereocenters. The Morgan fingerprint density at radius 1 is 1.44 bits per heavy atom. The number of hydrogen-bond acceptors (Lipinski definition) is 3. The van der Waals surface area contributed by atoms with Crippen LogP contribution in [-0.2, 0) is 9.53 Å². The molecular weight excluding hydrogens is 227 g/mol. The van der Waals surface area contributed by atoms with Crippen LogP contribution in [0.25, 0.3) is 0 Å². The first kappa shape index (κ1) is 13.2. The second-order valence-electron chi connectivity index (χ2n) is 4.04. The molecule has 0 aliphatic heterocycles. The van der Waals surface area contributed by atoms with E-state index in [2.05, 4.69) is 0 Å². The number of aliphatic carboxylic acids is 1. The van der Waals surface area contributed by atoms with E-state index in [0.717, 1.165) is 0 Å². The fourth-order valence-electron chi connectivity index (χ4n) is 1.38. The Kier molecular flexibility index (Phi) is 3.80. The Hall–Kier alpha value is -0.820. The van der Waals surface area contributed by atoms with Crippen molar-refractivity contribution in [3.63, 3.8) is 0 Å². The van der Waals surface area contributed by atoms with Crippen LogP contribution < -0.4 is 5.73 Å². The Morgan fingerprint density at radius 3 is 2.38 bits per heavy atom. The summed E-state index contributed by atoms with van der Waals surface area (Å²) < 4.78 is 40.0. The van der Waals surface area contributed by atoms with E-state index in [1.165, 1.54) is 0 Å². The predicted molar refractivity (Wildman–Crippen MR) is 48.8 cm³/mol. The highest BCUT2D eigenvalue weighted by atomic mass is 19.4. The number of carboxylic acids is 1. The second kappa shape index (κ2) is 4.58. The van der Waals surface area contributed by atoms with Crippen LogP contribution in [0.2, 0.25) is 0 Å². The summed E-state index contributed by atoms with van der Waals surface area (Å²) in [5.41, 5.74) is 4.05. The summed E-state index contributed by atoms with van der Waals surface area (Å²) in [7, 11) is 0. The number of ether oxygens (including phenoxy) is 1. The van der Waals surface area contributed by atoms with Gasteiger partial charge in [0.1, 0.15) is 5.54 Å². The fraction of sp³-hybridized carbons (Fsp3) is 0.889. The Labute approximate surface area is 90.6 Å². The molecular formula is C9H14F3NO3. The van der Waals surface area contributed by atoms with E-state index in [-0.39, 0.29) is 12.5 Å². The molecule has 1 atom stereocenters. The molecule has 0 aromatic carbocycles. The van der Waals surface area contributed by atoms with Crippen molar-refractivity contribution >= 4 is 5.97 Å². The van der Waals surface area contributed by atoms with E-state index in [9.17, 15) is 18.0 Å². The minimum absolute atomic E-state index is 0.184. The van der Waals surface area contributed by atoms with E-state index >= 15 is 0 Å². The van der Waals surface area contributed by atoms with Gasteiger partial charge in [0.05, 0.1) is 19.6 Å². The van der Waals surface area contributed by atoms with Crippen LogP contribution in [0.3, 0.4) is 0 Å². The first-order chi connectivity index (χ1) is 7.26. The van der Waals surface area contributed by atoms with Gasteiger partial charge in [-0.3, -0.25) is 4.79 Å². The van der Waals surface area contributed by atoms with Crippen molar-refractivity contribution in [1.29, 1.82) is 0 Å². The summed E-state index contributed by atoms with van der Waals surface area (Å²) in [6.07, 6.45) is -4.01. The van der Waals surface area contributed by atoms with Crippen molar-refractivity contribution in [3.05, 3.63) is 0 Å². The molecule has 0 amide bonds. The normalized spacial score (nSPS) is 20.5. The number of hydrogen-bond donors (Lipinski definition) is 2. The van der Waals surface area contributed by atoms with Gasteiger partial charge < -0.3 is 15.6 Å². The van der Waals surface area contributed by atoms with Crippen LogP contribution in [0.4, 0.5) is 13.2 Å². The lowest BCUT2D eigenvalue weighted by molar-refractivity contribution is -0.153. The zero-order valence-corrected chi connectivity index (χ0v) is 8.59. The van der Waals surface area contributed by atoms with Gasteiger partial charge in [0.15, 0.2) is 0 Å². The van der Waals surface area contributed by atoms with Crippen molar-refractivity contribution in [2.45, 2.75) is 31.0 Å². The third kappa shape index (κ3) is 3.64. The molecule has 0 spiro atoms. The quantitative estimate of drug-likeness (QED) is 0.684. The second-order valence-corrected chi connectivity index (χ2v) is 4.04. The topological polar surface area (TPSA) is 72.5 Å². The summed E-state index contributed by atoms with van der Waals surface area (Å²) in [6, 6.07) is 0. The van der Waals surface area contributed by atoms with Gasteiger partial charge in [-0.05, 0) is 18.8 Å². The fourth-order valence-corrected chi connectivity index (χ4v) is 1.38. The SMILES string of the molecule is NC(COCCC(F)(F)F)(C(=O)O)C1CC1. The van der Waals surface area contributed by atoms with Crippen molar-refractivity contribution in [2.24, 2.45) is 11.7 Å². The standard InChI is InChI=1S/C9H14F3NO3/c10-9(11,12)3-4-16-5-8(13,7(14)15)6-1-2-6/h6H,1-5,13H2,(H,14,15). The molecule has 4 nitrogen and oxygen atoms in total. The molecule has 3 N–H and O–H groups in total. The lowest BCUT2D eigenvalue weighted by Crippen LogP contribution is -2.54. The zero-order chi connectivity index (χ0) is 12.4. The molecule has 0 saturated heterocycles. The van der Waals surface area contributed by atoms with Crippen LogP contribution >= 0.6 is 0 Å². The van der Waals surface area contributed by atoms with Crippen LogP contribution in [0.1, 0.15) is 19.3 Å². The Bertz CT molecular complexity index is 265. The van der Waals surface area contributed by atoms with E-state index in [1.807, 2.05) is 0 Å². The minimum atomic E-state index is -4.29. The maximum absolute atomic E-state index is 11.8. The van der Waals surface area contributed by atoms with Crippen LogP contribution in [0, 0.1) is 5.92 Å². The molecule has 1 fully saturated rings. The van der Waals surface area contributed by atoms with Crippen LogP contribution in [-0.4, -0.2) is 36.0 Å². The zero-order valence-electron chi connectivity index (χ0n) is 8.59. The van der Waals surface area contributed by atoms with E-state index in [4.69, 9.17) is 15.6 Å². The lowest BCUT2D eigenvalue weighted by atomic mass is 9.96. The van der Waals surface area contributed by atoms with E-state index in [0.29, 0.717) is 12.8 Å². The summed E-state index contributed by atoms with van der Waals surface area (Å²) >= 11 is 0. The number of carboxylic acid groups (broad SMARTS) is 1. The third-order valence-electron chi connectivity index (χ3n) is 2.57. The molecule has 0 radical (unpaired) electrons. The number of halogens is 3. The molecule has 16 heavy (non-hydrogen) atoms. The summed E-state index contributed by atoms with van der Waals surface area (Å²) in [5, 5.41) is 8.87.